The normalized spacial score (nSPS) is 35.6. The molecule has 0 unspecified atom stereocenters. The lowest BCUT2D eigenvalue weighted by Crippen LogP contribution is -2.46. The van der Waals surface area contributed by atoms with Crippen LogP contribution >= 0.6 is 15.9 Å². The summed E-state index contributed by atoms with van der Waals surface area (Å²) in [5.74, 6) is 1.02. The van der Waals surface area contributed by atoms with Crippen molar-refractivity contribution < 1.29 is 9.21 Å². The topological polar surface area (TPSA) is 42.2 Å². The molecule has 1 amide bonds. The van der Waals surface area contributed by atoms with Gasteiger partial charge in [0.1, 0.15) is 0 Å². The number of hydrogen-bond acceptors (Lipinski definition) is 2. The van der Waals surface area contributed by atoms with E-state index in [0.29, 0.717) is 15.8 Å². The fourth-order valence-corrected chi connectivity index (χ4v) is 4.39. The molecule has 0 saturated heterocycles. The number of amides is 1. The van der Waals surface area contributed by atoms with Gasteiger partial charge in [-0.1, -0.05) is 20.8 Å². The third-order valence-corrected chi connectivity index (χ3v) is 6.32. The van der Waals surface area contributed by atoms with E-state index in [1.54, 1.807) is 12.1 Å². The van der Waals surface area contributed by atoms with Gasteiger partial charge in [-0.3, -0.25) is 4.79 Å². The molecule has 1 aromatic rings. The van der Waals surface area contributed by atoms with E-state index >= 15 is 0 Å². The van der Waals surface area contributed by atoms with Crippen LogP contribution < -0.4 is 5.32 Å². The highest BCUT2D eigenvalue weighted by atomic mass is 79.9. The molecule has 2 bridgehead atoms. The second kappa shape index (κ2) is 4.11. The van der Waals surface area contributed by atoms with Gasteiger partial charge in [-0.2, -0.15) is 0 Å². The van der Waals surface area contributed by atoms with Gasteiger partial charge in [0, 0.05) is 6.04 Å². The Bertz CT molecular complexity index is 522. The number of carbonyl (C=O) groups excluding carboxylic acids is 1. The fraction of sp³-hybridized carbons (Fsp3) is 0.667. The van der Waals surface area contributed by atoms with Gasteiger partial charge in [-0.15, -0.1) is 0 Å². The maximum Gasteiger partial charge on any atom is 0.287 e. The zero-order valence-corrected chi connectivity index (χ0v) is 13.2. The molecule has 19 heavy (non-hydrogen) atoms. The molecule has 2 saturated carbocycles. The molecule has 1 N–H and O–H groups in total. The second-order valence-electron chi connectivity index (χ2n) is 6.74. The molecule has 1 heterocycles. The fourth-order valence-electron chi connectivity index (χ4n) is 4.09. The first-order chi connectivity index (χ1) is 8.84. The first kappa shape index (κ1) is 13.2. The molecule has 2 aliphatic rings. The maximum absolute atomic E-state index is 12.2. The number of carbonyl (C=O) groups is 1. The van der Waals surface area contributed by atoms with E-state index < -0.39 is 0 Å². The van der Waals surface area contributed by atoms with Gasteiger partial charge in [0.15, 0.2) is 10.4 Å². The van der Waals surface area contributed by atoms with E-state index in [1.807, 2.05) is 0 Å². The molecule has 2 fully saturated rings. The minimum Gasteiger partial charge on any atom is -0.444 e. The molecule has 3 nitrogen and oxygen atoms in total. The Morgan fingerprint density at radius 3 is 2.63 bits per heavy atom. The SMILES string of the molecule is CC1(C)[C@H]2CC[C@@]1(C)[C@@H](NC(=O)c1ccc(Br)o1)C2. The first-order valence-corrected chi connectivity index (χ1v) is 7.70. The van der Waals surface area contributed by atoms with E-state index in [9.17, 15) is 4.79 Å². The molecule has 2 aliphatic carbocycles. The van der Waals surface area contributed by atoms with Crippen molar-refractivity contribution in [3.63, 3.8) is 0 Å². The molecule has 0 aromatic carbocycles. The van der Waals surface area contributed by atoms with Crippen LogP contribution in [-0.2, 0) is 0 Å². The average Bonchev–Trinajstić information content (AvgIpc) is 2.91. The van der Waals surface area contributed by atoms with Gasteiger partial charge in [-0.05, 0) is 64.1 Å². The van der Waals surface area contributed by atoms with Crippen LogP contribution in [-0.4, -0.2) is 11.9 Å². The van der Waals surface area contributed by atoms with Crippen molar-refractivity contribution in [2.75, 3.05) is 0 Å². The Labute approximate surface area is 122 Å². The predicted octanol–water partition coefficient (Wildman–Crippen LogP) is 3.99. The van der Waals surface area contributed by atoms with Crippen LogP contribution in [0.15, 0.2) is 21.2 Å². The minimum atomic E-state index is -0.0970. The van der Waals surface area contributed by atoms with Crippen molar-refractivity contribution in [2.45, 2.75) is 46.1 Å². The Kier molecular flexibility index (Phi) is 2.86. The van der Waals surface area contributed by atoms with Crippen LogP contribution in [0.1, 0.15) is 50.6 Å². The van der Waals surface area contributed by atoms with Crippen LogP contribution in [0.5, 0.6) is 0 Å². The molecule has 4 heteroatoms. The largest absolute Gasteiger partial charge is 0.444 e. The van der Waals surface area contributed by atoms with Gasteiger partial charge in [0.05, 0.1) is 0 Å². The summed E-state index contributed by atoms with van der Waals surface area (Å²) in [5.41, 5.74) is 0.520. The summed E-state index contributed by atoms with van der Waals surface area (Å²) in [6.45, 7) is 7.02. The Morgan fingerprint density at radius 1 is 1.42 bits per heavy atom. The van der Waals surface area contributed by atoms with Crippen LogP contribution in [0.4, 0.5) is 0 Å². The summed E-state index contributed by atoms with van der Waals surface area (Å²) in [6.07, 6.45) is 3.59. The standard InChI is InChI=1S/C15H20BrNO2/c1-14(2)9-6-7-15(14,3)11(8-9)17-13(18)10-4-5-12(16)19-10/h4-5,9,11H,6-8H2,1-3H3,(H,17,18)/t9-,11-,15-/m0/s1. The lowest BCUT2D eigenvalue weighted by atomic mass is 9.69. The van der Waals surface area contributed by atoms with Gasteiger partial charge in [0.2, 0.25) is 0 Å². The number of rotatable bonds is 2. The summed E-state index contributed by atoms with van der Waals surface area (Å²) in [5, 5.41) is 3.18. The highest BCUT2D eigenvalue weighted by Crippen LogP contribution is 2.65. The number of halogens is 1. The molecular formula is C15H20BrNO2. The molecular weight excluding hydrogens is 306 g/mol. The third kappa shape index (κ3) is 1.79. The monoisotopic (exact) mass is 325 g/mol. The maximum atomic E-state index is 12.2. The molecule has 3 atom stereocenters. The minimum absolute atomic E-state index is 0.0970. The number of nitrogens with one attached hydrogen (secondary N) is 1. The van der Waals surface area contributed by atoms with E-state index in [4.69, 9.17) is 4.42 Å². The van der Waals surface area contributed by atoms with Crippen LogP contribution in [0.2, 0.25) is 0 Å². The average molecular weight is 326 g/mol. The van der Waals surface area contributed by atoms with E-state index in [2.05, 4.69) is 42.0 Å². The molecule has 0 spiro atoms. The van der Waals surface area contributed by atoms with Crippen molar-refractivity contribution in [3.8, 4) is 0 Å². The Hall–Kier alpha value is -0.770. The summed E-state index contributed by atoms with van der Waals surface area (Å²) >= 11 is 3.23. The van der Waals surface area contributed by atoms with Crippen molar-refractivity contribution in [1.29, 1.82) is 0 Å². The Balaban J connectivity index is 1.77. The van der Waals surface area contributed by atoms with E-state index in [-0.39, 0.29) is 17.4 Å². The Morgan fingerprint density at radius 2 is 2.16 bits per heavy atom. The second-order valence-corrected chi connectivity index (χ2v) is 7.52. The van der Waals surface area contributed by atoms with Gasteiger partial charge in [0.25, 0.3) is 5.91 Å². The van der Waals surface area contributed by atoms with Gasteiger partial charge >= 0.3 is 0 Å². The highest BCUT2D eigenvalue weighted by molar-refractivity contribution is 9.10. The number of fused-ring (bicyclic) bond motifs is 2. The van der Waals surface area contributed by atoms with Crippen molar-refractivity contribution >= 4 is 21.8 Å². The molecule has 3 rings (SSSR count). The lowest BCUT2D eigenvalue weighted by Gasteiger charge is -2.39. The van der Waals surface area contributed by atoms with Crippen LogP contribution in [0.25, 0.3) is 0 Å². The number of furan rings is 1. The summed E-state index contributed by atoms with van der Waals surface area (Å²) in [6, 6.07) is 3.72. The molecule has 0 aliphatic heterocycles. The molecule has 1 aromatic heterocycles. The lowest BCUT2D eigenvalue weighted by molar-refractivity contribution is 0.0800. The van der Waals surface area contributed by atoms with E-state index in [0.717, 1.165) is 12.3 Å². The smallest absolute Gasteiger partial charge is 0.287 e. The molecule has 104 valence electrons. The first-order valence-electron chi connectivity index (χ1n) is 6.91. The molecule has 0 radical (unpaired) electrons. The summed E-state index contributed by atoms with van der Waals surface area (Å²) in [7, 11) is 0. The highest BCUT2D eigenvalue weighted by Gasteiger charge is 2.61. The van der Waals surface area contributed by atoms with Crippen LogP contribution in [0, 0.1) is 16.7 Å². The quantitative estimate of drug-likeness (QED) is 0.893. The zero-order chi connectivity index (χ0) is 13.8. The van der Waals surface area contributed by atoms with Crippen molar-refractivity contribution in [1.82, 2.24) is 5.32 Å². The van der Waals surface area contributed by atoms with Gasteiger partial charge in [-0.25, -0.2) is 0 Å². The summed E-state index contributed by atoms with van der Waals surface area (Å²) in [4.78, 5) is 12.2. The van der Waals surface area contributed by atoms with Crippen LogP contribution in [0.3, 0.4) is 0 Å². The number of hydrogen-bond donors (Lipinski definition) is 1. The van der Waals surface area contributed by atoms with Gasteiger partial charge < -0.3 is 9.73 Å². The van der Waals surface area contributed by atoms with E-state index in [1.165, 1.54) is 12.8 Å². The van der Waals surface area contributed by atoms with Crippen molar-refractivity contribution in [2.24, 2.45) is 16.7 Å². The van der Waals surface area contributed by atoms with Crippen molar-refractivity contribution in [3.05, 3.63) is 22.6 Å². The zero-order valence-electron chi connectivity index (χ0n) is 11.6. The predicted molar refractivity (Wildman–Crippen MR) is 76.9 cm³/mol. The summed E-state index contributed by atoms with van der Waals surface area (Å²) < 4.78 is 5.92. The third-order valence-electron chi connectivity index (χ3n) is 5.90.